The Hall–Kier alpha value is -0.780. The van der Waals surface area contributed by atoms with Gasteiger partial charge in [-0.05, 0) is 57.5 Å². The highest BCUT2D eigenvalue weighted by atomic mass is 127. The first-order chi connectivity index (χ1) is 8.75. The van der Waals surface area contributed by atoms with Gasteiger partial charge in [0.25, 0.3) is 0 Å². The quantitative estimate of drug-likeness (QED) is 0.816. The normalized spacial score (nSPS) is 20.9. The average Bonchev–Trinajstić information content (AvgIpc) is 2.57. The topological polar surface area (TPSA) is 43.8 Å². The second kappa shape index (κ2) is 3.87. The van der Waals surface area contributed by atoms with Crippen LogP contribution in [0.3, 0.4) is 0 Å². The Kier molecular flexibility index (Phi) is 2.69. The third-order valence-corrected chi connectivity index (χ3v) is 6.10. The van der Waals surface area contributed by atoms with E-state index in [4.69, 9.17) is 5.73 Å². The lowest BCUT2D eigenvalue weighted by Gasteiger charge is -2.08. The highest BCUT2D eigenvalue weighted by Crippen LogP contribution is 2.69. The number of rotatable bonds is 2. The van der Waals surface area contributed by atoms with E-state index >= 15 is 0 Å². The number of nitrogen functional groups attached to an aromatic ring is 1. The molecule has 19 heavy (non-hydrogen) atoms. The molecule has 1 saturated carbocycles. The van der Waals surface area contributed by atoms with Crippen LogP contribution in [0.1, 0.15) is 27.7 Å². The molecule has 1 aliphatic carbocycles. The molecular formula is C15H20IN3. The highest BCUT2D eigenvalue weighted by Gasteiger charge is 2.64. The molecule has 1 heterocycles. The molecule has 1 aliphatic rings. The van der Waals surface area contributed by atoms with Crippen molar-refractivity contribution < 1.29 is 0 Å². The van der Waals surface area contributed by atoms with Crippen LogP contribution in [0.15, 0.2) is 18.2 Å². The van der Waals surface area contributed by atoms with Crippen molar-refractivity contribution in [2.75, 3.05) is 5.73 Å². The molecule has 4 heteroatoms. The molecule has 0 saturated heterocycles. The van der Waals surface area contributed by atoms with E-state index in [1.165, 1.54) is 3.57 Å². The van der Waals surface area contributed by atoms with E-state index in [2.05, 4.69) is 78.0 Å². The van der Waals surface area contributed by atoms with Crippen molar-refractivity contribution in [3.05, 3.63) is 21.8 Å². The third kappa shape index (κ3) is 1.79. The Morgan fingerprint density at radius 3 is 2.47 bits per heavy atom. The lowest BCUT2D eigenvalue weighted by Crippen LogP contribution is -2.08. The number of aromatic nitrogens is 2. The van der Waals surface area contributed by atoms with Crippen LogP contribution in [0.4, 0.5) is 5.95 Å². The Morgan fingerprint density at radius 2 is 1.89 bits per heavy atom. The Morgan fingerprint density at radius 1 is 1.26 bits per heavy atom. The van der Waals surface area contributed by atoms with E-state index in [9.17, 15) is 0 Å². The lowest BCUT2D eigenvalue weighted by atomic mass is 10.0. The number of fused-ring (bicyclic) bond motifs is 1. The maximum atomic E-state index is 6.11. The summed E-state index contributed by atoms with van der Waals surface area (Å²) in [4.78, 5) is 4.49. The van der Waals surface area contributed by atoms with E-state index in [1.807, 2.05) is 0 Å². The van der Waals surface area contributed by atoms with Crippen LogP contribution < -0.4 is 5.73 Å². The largest absolute Gasteiger partial charge is 0.369 e. The van der Waals surface area contributed by atoms with E-state index < -0.39 is 0 Å². The summed E-state index contributed by atoms with van der Waals surface area (Å²) >= 11 is 2.31. The monoisotopic (exact) mass is 369 g/mol. The van der Waals surface area contributed by atoms with Gasteiger partial charge in [-0.15, -0.1) is 0 Å². The first kappa shape index (κ1) is 13.2. The van der Waals surface area contributed by atoms with Crippen LogP contribution in [0.25, 0.3) is 11.0 Å². The van der Waals surface area contributed by atoms with E-state index in [1.54, 1.807) is 0 Å². The van der Waals surface area contributed by atoms with E-state index in [-0.39, 0.29) is 0 Å². The third-order valence-electron chi connectivity index (χ3n) is 5.42. The molecule has 2 aromatic rings. The summed E-state index contributed by atoms with van der Waals surface area (Å²) in [5.41, 5.74) is 9.00. The predicted molar refractivity (Wildman–Crippen MR) is 87.9 cm³/mol. The molecule has 0 radical (unpaired) electrons. The van der Waals surface area contributed by atoms with E-state index in [0.717, 1.165) is 17.6 Å². The molecule has 0 aliphatic heterocycles. The number of benzene rings is 1. The Bertz CT molecular complexity index is 641. The maximum Gasteiger partial charge on any atom is 0.201 e. The number of nitrogens with two attached hydrogens (primary N) is 1. The van der Waals surface area contributed by atoms with Crippen molar-refractivity contribution in [3.63, 3.8) is 0 Å². The molecule has 1 fully saturated rings. The molecule has 0 spiro atoms. The molecule has 0 amide bonds. The van der Waals surface area contributed by atoms with Crippen molar-refractivity contribution in [2.24, 2.45) is 16.7 Å². The highest BCUT2D eigenvalue weighted by molar-refractivity contribution is 14.1. The standard InChI is InChI=1S/C15H20IN3/c1-14(2)12(15(14,3)4)8-19-11-6-5-9(16)7-10(11)18-13(19)17/h5-7,12H,8H2,1-4H3,(H2,17,18). The van der Waals surface area contributed by atoms with Gasteiger partial charge in [0.05, 0.1) is 11.0 Å². The molecular weight excluding hydrogens is 349 g/mol. The summed E-state index contributed by atoms with van der Waals surface area (Å²) in [6, 6.07) is 6.33. The van der Waals surface area contributed by atoms with Crippen LogP contribution in [0.2, 0.25) is 0 Å². The molecule has 0 atom stereocenters. The van der Waals surface area contributed by atoms with Crippen LogP contribution in [-0.4, -0.2) is 9.55 Å². The molecule has 3 rings (SSSR count). The minimum Gasteiger partial charge on any atom is -0.369 e. The van der Waals surface area contributed by atoms with Crippen molar-refractivity contribution in [1.82, 2.24) is 9.55 Å². The zero-order chi connectivity index (χ0) is 14.0. The summed E-state index contributed by atoms with van der Waals surface area (Å²) < 4.78 is 3.37. The molecule has 1 aromatic heterocycles. The molecule has 1 aromatic carbocycles. The fourth-order valence-corrected chi connectivity index (χ4v) is 3.76. The number of imidazole rings is 1. The fourth-order valence-electron chi connectivity index (χ4n) is 3.29. The van der Waals surface area contributed by atoms with Gasteiger partial charge in [-0.2, -0.15) is 0 Å². The number of hydrogen-bond acceptors (Lipinski definition) is 2. The van der Waals surface area contributed by atoms with Crippen molar-refractivity contribution >= 4 is 39.6 Å². The van der Waals surface area contributed by atoms with Gasteiger partial charge in [-0.3, -0.25) is 0 Å². The lowest BCUT2D eigenvalue weighted by molar-refractivity contribution is 0.457. The minimum absolute atomic E-state index is 0.374. The van der Waals surface area contributed by atoms with Gasteiger partial charge in [0, 0.05) is 10.1 Å². The van der Waals surface area contributed by atoms with E-state index in [0.29, 0.717) is 22.7 Å². The SMILES string of the molecule is CC1(C)C(Cn2c(N)nc3cc(I)ccc32)C1(C)C. The summed E-state index contributed by atoms with van der Waals surface area (Å²) in [5.74, 6) is 1.29. The number of nitrogens with zero attached hydrogens (tertiary/aromatic N) is 2. The van der Waals surface area contributed by atoms with Gasteiger partial charge in [0.2, 0.25) is 5.95 Å². The first-order valence-corrected chi connectivity index (χ1v) is 7.74. The first-order valence-electron chi connectivity index (χ1n) is 6.66. The van der Waals surface area contributed by atoms with Crippen molar-refractivity contribution in [3.8, 4) is 0 Å². The molecule has 0 bridgehead atoms. The maximum absolute atomic E-state index is 6.11. The fraction of sp³-hybridized carbons (Fsp3) is 0.533. The van der Waals surface area contributed by atoms with Gasteiger partial charge < -0.3 is 10.3 Å². The minimum atomic E-state index is 0.374. The smallest absolute Gasteiger partial charge is 0.201 e. The van der Waals surface area contributed by atoms with Gasteiger partial charge in [0.15, 0.2) is 0 Å². The predicted octanol–water partition coefficient (Wildman–Crippen LogP) is 3.91. The van der Waals surface area contributed by atoms with Gasteiger partial charge >= 0.3 is 0 Å². The van der Waals surface area contributed by atoms with Gasteiger partial charge in [0.1, 0.15) is 0 Å². The zero-order valence-electron chi connectivity index (χ0n) is 11.9. The summed E-state index contributed by atoms with van der Waals surface area (Å²) in [6.45, 7) is 10.3. The second-order valence-electron chi connectivity index (χ2n) is 6.71. The van der Waals surface area contributed by atoms with Crippen LogP contribution in [-0.2, 0) is 6.54 Å². The molecule has 102 valence electrons. The van der Waals surface area contributed by atoms with Crippen LogP contribution in [0, 0.1) is 20.3 Å². The Labute approximate surface area is 127 Å². The van der Waals surface area contributed by atoms with Crippen molar-refractivity contribution in [1.29, 1.82) is 0 Å². The average molecular weight is 369 g/mol. The van der Waals surface area contributed by atoms with Gasteiger partial charge in [-0.25, -0.2) is 4.98 Å². The summed E-state index contributed by atoms with van der Waals surface area (Å²) in [6.07, 6.45) is 0. The second-order valence-corrected chi connectivity index (χ2v) is 7.96. The zero-order valence-corrected chi connectivity index (χ0v) is 14.0. The number of anilines is 1. The van der Waals surface area contributed by atoms with Crippen LogP contribution >= 0.6 is 22.6 Å². The van der Waals surface area contributed by atoms with Crippen LogP contribution in [0.5, 0.6) is 0 Å². The number of hydrogen-bond donors (Lipinski definition) is 1. The van der Waals surface area contributed by atoms with Gasteiger partial charge in [-0.1, -0.05) is 27.7 Å². The Balaban J connectivity index is 2.01. The van der Waals surface area contributed by atoms with Crippen molar-refractivity contribution in [2.45, 2.75) is 34.2 Å². The molecule has 0 unspecified atom stereocenters. The summed E-state index contributed by atoms with van der Waals surface area (Å²) in [5, 5.41) is 0. The molecule has 2 N–H and O–H groups in total. The molecule has 3 nitrogen and oxygen atoms in total. The number of halogens is 1. The summed E-state index contributed by atoms with van der Waals surface area (Å²) in [7, 11) is 0.